The number of carbonyl (C=O) groups excluding carboxylic acids is 1. The van der Waals surface area contributed by atoms with Crippen LogP contribution in [0.1, 0.15) is 55.4 Å². The normalized spacial score (nSPS) is 12.7. The Morgan fingerprint density at radius 1 is 1.13 bits per heavy atom. The molecule has 0 aliphatic carbocycles. The van der Waals surface area contributed by atoms with Gasteiger partial charge in [0.25, 0.3) is 5.56 Å². The minimum absolute atomic E-state index is 0.153. The third-order valence-corrected chi connectivity index (χ3v) is 3.35. The van der Waals surface area contributed by atoms with Crippen LogP contribution >= 0.6 is 0 Å². The molecule has 0 radical (unpaired) electrons. The van der Waals surface area contributed by atoms with Gasteiger partial charge in [0.15, 0.2) is 0 Å². The van der Waals surface area contributed by atoms with Crippen molar-refractivity contribution in [3.8, 4) is 0 Å². The molecule has 0 saturated carbocycles. The third-order valence-electron chi connectivity index (χ3n) is 3.35. The summed E-state index contributed by atoms with van der Waals surface area (Å²) in [7, 11) is 0. The van der Waals surface area contributed by atoms with Gasteiger partial charge < -0.3 is 4.74 Å². The standard InChI is InChI=1S/C18H22N2O3/c1-12-6-11-16(21)20(19-12)13(2)14-7-9-15(10-8-14)17(22)23-18(3,4)5/h6-11,13H,1-5H3/t13-/m0/s1. The molecule has 0 aliphatic rings. The van der Waals surface area contributed by atoms with Crippen LogP contribution < -0.4 is 5.56 Å². The van der Waals surface area contributed by atoms with Crippen LogP contribution in [0.5, 0.6) is 0 Å². The zero-order chi connectivity index (χ0) is 17.2. The van der Waals surface area contributed by atoms with E-state index in [2.05, 4.69) is 5.10 Å². The first-order valence-electron chi connectivity index (χ1n) is 7.57. The molecular weight excluding hydrogens is 292 g/mol. The minimum Gasteiger partial charge on any atom is -0.456 e. The van der Waals surface area contributed by atoms with Crippen LogP contribution in [0, 0.1) is 6.92 Å². The second-order valence-electron chi connectivity index (χ2n) is 6.56. The quantitative estimate of drug-likeness (QED) is 0.817. The van der Waals surface area contributed by atoms with Crippen molar-refractivity contribution in [1.82, 2.24) is 9.78 Å². The number of aryl methyl sites for hydroxylation is 1. The van der Waals surface area contributed by atoms with E-state index in [9.17, 15) is 9.59 Å². The Labute approximate surface area is 135 Å². The summed E-state index contributed by atoms with van der Waals surface area (Å²) in [6, 6.07) is 10.0. The molecule has 23 heavy (non-hydrogen) atoms. The van der Waals surface area contributed by atoms with Crippen molar-refractivity contribution in [2.24, 2.45) is 0 Å². The smallest absolute Gasteiger partial charge is 0.338 e. The number of hydrogen-bond acceptors (Lipinski definition) is 4. The molecule has 1 heterocycles. The highest BCUT2D eigenvalue weighted by atomic mass is 16.6. The van der Waals surface area contributed by atoms with Gasteiger partial charge in [0.2, 0.25) is 0 Å². The number of nitrogens with zero attached hydrogens (tertiary/aromatic N) is 2. The molecule has 0 spiro atoms. The Hall–Kier alpha value is -2.43. The van der Waals surface area contributed by atoms with Gasteiger partial charge in [-0.15, -0.1) is 0 Å². The predicted octanol–water partition coefficient (Wildman–Crippen LogP) is 3.12. The molecule has 1 aromatic carbocycles. The van der Waals surface area contributed by atoms with Crippen molar-refractivity contribution in [2.45, 2.75) is 46.3 Å². The Bertz CT molecular complexity index is 755. The number of aromatic nitrogens is 2. The summed E-state index contributed by atoms with van der Waals surface area (Å²) >= 11 is 0. The highest BCUT2D eigenvalue weighted by Gasteiger charge is 2.18. The van der Waals surface area contributed by atoms with Crippen molar-refractivity contribution in [1.29, 1.82) is 0 Å². The van der Waals surface area contributed by atoms with Crippen LogP contribution in [-0.4, -0.2) is 21.4 Å². The lowest BCUT2D eigenvalue weighted by atomic mass is 10.1. The largest absolute Gasteiger partial charge is 0.456 e. The highest BCUT2D eigenvalue weighted by Crippen LogP contribution is 2.18. The molecule has 0 aliphatic heterocycles. The van der Waals surface area contributed by atoms with E-state index in [1.54, 1.807) is 18.2 Å². The van der Waals surface area contributed by atoms with Gasteiger partial charge in [0, 0.05) is 6.07 Å². The van der Waals surface area contributed by atoms with Crippen molar-refractivity contribution in [2.75, 3.05) is 0 Å². The molecule has 0 saturated heterocycles. The van der Waals surface area contributed by atoms with E-state index in [4.69, 9.17) is 4.74 Å². The van der Waals surface area contributed by atoms with E-state index < -0.39 is 5.60 Å². The summed E-state index contributed by atoms with van der Waals surface area (Å²) in [6.07, 6.45) is 0. The molecule has 0 N–H and O–H groups in total. The molecule has 1 atom stereocenters. The Kier molecular flexibility index (Phi) is 4.68. The lowest BCUT2D eigenvalue weighted by Gasteiger charge is -2.20. The van der Waals surface area contributed by atoms with Crippen LogP contribution in [0.4, 0.5) is 0 Å². The van der Waals surface area contributed by atoms with Crippen molar-refractivity contribution >= 4 is 5.97 Å². The average Bonchev–Trinajstić information content (AvgIpc) is 2.47. The SMILES string of the molecule is Cc1ccc(=O)n([C@@H](C)c2ccc(C(=O)OC(C)(C)C)cc2)n1. The molecule has 0 amide bonds. The molecule has 5 nitrogen and oxygen atoms in total. The number of rotatable bonds is 3. The minimum atomic E-state index is -0.526. The fourth-order valence-corrected chi connectivity index (χ4v) is 2.17. The van der Waals surface area contributed by atoms with Gasteiger partial charge in [-0.2, -0.15) is 5.10 Å². The average molecular weight is 314 g/mol. The fraction of sp³-hybridized carbons (Fsp3) is 0.389. The zero-order valence-electron chi connectivity index (χ0n) is 14.2. The van der Waals surface area contributed by atoms with E-state index in [0.717, 1.165) is 11.3 Å². The van der Waals surface area contributed by atoms with E-state index in [-0.39, 0.29) is 17.6 Å². The molecule has 0 unspecified atom stereocenters. The maximum atomic E-state index is 12.0. The number of esters is 1. The number of ether oxygens (including phenoxy) is 1. The topological polar surface area (TPSA) is 61.2 Å². The number of hydrogen-bond donors (Lipinski definition) is 0. The van der Waals surface area contributed by atoms with E-state index in [0.29, 0.717) is 5.56 Å². The van der Waals surface area contributed by atoms with Crippen LogP contribution in [-0.2, 0) is 4.74 Å². The van der Waals surface area contributed by atoms with Gasteiger partial charge in [-0.3, -0.25) is 4.79 Å². The summed E-state index contributed by atoms with van der Waals surface area (Å²) in [5, 5.41) is 4.27. The summed E-state index contributed by atoms with van der Waals surface area (Å²) in [6.45, 7) is 9.23. The van der Waals surface area contributed by atoms with Gasteiger partial charge in [-0.25, -0.2) is 9.48 Å². The second kappa shape index (κ2) is 6.36. The predicted molar refractivity (Wildman–Crippen MR) is 88.7 cm³/mol. The third kappa shape index (κ3) is 4.28. The first-order chi connectivity index (χ1) is 10.7. The Morgan fingerprint density at radius 3 is 2.30 bits per heavy atom. The van der Waals surface area contributed by atoms with Crippen molar-refractivity contribution in [3.05, 3.63) is 63.6 Å². The van der Waals surface area contributed by atoms with Gasteiger partial charge in [-0.05, 0) is 58.4 Å². The molecule has 5 heteroatoms. The van der Waals surface area contributed by atoms with Crippen LogP contribution in [0.25, 0.3) is 0 Å². The monoisotopic (exact) mass is 314 g/mol. The first-order valence-corrected chi connectivity index (χ1v) is 7.57. The van der Waals surface area contributed by atoms with E-state index >= 15 is 0 Å². The van der Waals surface area contributed by atoms with E-state index in [1.807, 2.05) is 46.8 Å². The van der Waals surface area contributed by atoms with E-state index in [1.165, 1.54) is 10.7 Å². The highest BCUT2D eigenvalue weighted by molar-refractivity contribution is 5.89. The summed E-state index contributed by atoms with van der Waals surface area (Å²) in [5.74, 6) is -0.359. The van der Waals surface area contributed by atoms with Crippen molar-refractivity contribution < 1.29 is 9.53 Å². The lowest BCUT2D eigenvalue weighted by molar-refractivity contribution is 0.00695. The zero-order valence-corrected chi connectivity index (χ0v) is 14.2. The molecule has 122 valence electrons. The molecule has 0 bridgehead atoms. The van der Waals surface area contributed by atoms with Crippen molar-refractivity contribution in [3.63, 3.8) is 0 Å². The van der Waals surface area contributed by atoms with Gasteiger partial charge in [-0.1, -0.05) is 12.1 Å². The molecule has 2 aromatic rings. The fourth-order valence-electron chi connectivity index (χ4n) is 2.17. The Balaban J connectivity index is 2.24. The summed E-state index contributed by atoms with van der Waals surface area (Å²) in [4.78, 5) is 24.0. The van der Waals surface area contributed by atoms with Gasteiger partial charge in [0.1, 0.15) is 5.60 Å². The summed E-state index contributed by atoms with van der Waals surface area (Å²) in [5.41, 5.74) is 1.49. The van der Waals surface area contributed by atoms with Crippen LogP contribution in [0.2, 0.25) is 0 Å². The second-order valence-corrected chi connectivity index (χ2v) is 6.56. The maximum Gasteiger partial charge on any atom is 0.338 e. The molecule has 2 rings (SSSR count). The lowest BCUT2D eigenvalue weighted by Crippen LogP contribution is -2.26. The van der Waals surface area contributed by atoms with Crippen LogP contribution in [0.3, 0.4) is 0 Å². The van der Waals surface area contributed by atoms with Gasteiger partial charge >= 0.3 is 5.97 Å². The molecule has 1 aromatic heterocycles. The van der Waals surface area contributed by atoms with Crippen LogP contribution in [0.15, 0.2) is 41.2 Å². The first kappa shape index (κ1) is 16.9. The number of benzene rings is 1. The molecular formula is C18H22N2O3. The molecule has 0 fully saturated rings. The number of carbonyl (C=O) groups is 1. The van der Waals surface area contributed by atoms with Gasteiger partial charge in [0.05, 0.1) is 17.3 Å². The summed E-state index contributed by atoms with van der Waals surface area (Å²) < 4.78 is 6.78. The maximum absolute atomic E-state index is 12.0. The Morgan fingerprint density at radius 2 is 1.74 bits per heavy atom.